The second-order valence-corrected chi connectivity index (χ2v) is 6.30. The van der Waals surface area contributed by atoms with Gasteiger partial charge in [-0.1, -0.05) is 18.5 Å². The molecule has 0 aliphatic heterocycles. The quantitative estimate of drug-likeness (QED) is 0.842. The Morgan fingerprint density at radius 2 is 2.11 bits per heavy atom. The largest absolute Gasteiger partial charge is 0.495 e. The van der Waals surface area contributed by atoms with Gasteiger partial charge in [0.15, 0.2) is 0 Å². The Morgan fingerprint density at radius 3 is 2.58 bits per heavy atom. The van der Waals surface area contributed by atoms with Gasteiger partial charge in [-0.3, -0.25) is 0 Å². The van der Waals surface area contributed by atoms with E-state index in [1.54, 1.807) is 6.92 Å². The number of hydrogen-bond acceptors (Lipinski definition) is 4. The number of rotatable bonds is 6. The minimum absolute atomic E-state index is 0.0631. The summed E-state index contributed by atoms with van der Waals surface area (Å²) in [4.78, 5) is -0.0631. The fourth-order valence-corrected chi connectivity index (χ4v) is 3.45. The maximum Gasteiger partial charge on any atom is 0.244 e. The number of aliphatic hydroxyl groups is 1. The van der Waals surface area contributed by atoms with Gasteiger partial charge in [0, 0.05) is 16.6 Å². The van der Waals surface area contributed by atoms with Crippen molar-refractivity contribution in [2.24, 2.45) is 0 Å². The lowest BCUT2D eigenvalue weighted by atomic mass is 10.2. The fraction of sp³-hybridized carbons (Fsp3) is 0.500. The van der Waals surface area contributed by atoms with Gasteiger partial charge in [0.05, 0.1) is 13.7 Å². The third-order valence-electron chi connectivity index (χ3n) is 2.73. The summed E-state index contributed by atoms with van der Waals surface area (Å²) in [5, 5.41) is 9.47. The zero-order chi connectivity index (χ0) is 14.6. The lowest BCUT2D eigenvalue weighted by Gasteiger charge is -2.16. The molecule has 1 rings (SSSR count). The number of methoxy groups -OCH3 is 1. The zero-order valence-electron chi connectivity index (χ0n) is 11.1. The Kier molecular flexibility index (Phi) is 5.61. The third kappa shape index (κ3) is 3.82. The number of ether oxygens (including phenoxy) is 1. The highest BCUT2D eigenvalue weighted by Gasteiger charge is 2.24. The van der Waals surface area contributed by atoms with E-state index in [1.807, 2.05) is 6.92 Å². The first-order chi connectivity index (χ1) is 8.85. The van der Waals surface area contributed by atoms with Crippen molar-refractivity contribution in [3.05, 3.63) is 22.7 Å². The standard InChI is InChI=1S/C12H18ClNO4S/c1-4-8(2)14-19(16,17)11-6-10(13)5-9(7-15)12(11)18-3/h5-6,8,14-15H,4,7H2,1-3H3. The van der Waals surface area contributed by atoms with E-state index >= 15 is 0 Å². The molecule has 0 radical (unpaired) electrons. The van der Waals surface area contributed by atoms with Crippen molar-refractivity contribution < 1.29 is 18.3 Å². The Morgan fingerprint density at radius 1 is 1.47 bits per heavy atom. The van der Waals surface area contributed by atoms with Gasteiger partial charge in [0.1, 0.15) is 10.6 Å². The van der Waals surface area contributed by atoms with Crippen LogP contribution in [0.5, 0.6) is 5.75 Å². The van der Waals surface area contributed by atoms with Crippen LogP contribution in [0.4, 0.5) is 0 Å². The molecule has 108 valence electrons. The van der Waals surface area contributed by atoms with Crippen LogP contribution in [0.3, 0.4) is 0 Å². The van der Waals surface area contributed by atoms with Crippen LogP contribution >= 0.6 is 11.6 Å². The van der Waals surface area contributed by atoms with Gasteiger partial charge in [0.25, 0.3) is 0 Å². The molecule has 0 bridgehead atoms. The molecule has 5 nitrogen and oxygen atoms in total. The van der Waals surface area contributed by atoms with Crippen LogP contribution in [0.15, 0.2) is 17.0 Å². The van der Waals surface area contributed by atoms with Gasteiger partial charge < -0.3 is 9.84 Å². The summed E-state index contributed by atoms with van der Waals surface area (Å²) >= 11 is 5.88. The van der Waals surface area contributed by atoms with Crippen LogP contribution in [0.25, 0.3) is 0 Å². The Balaban J connectivity index is 3.36. The Bertz CT molecular complexity index is 545. The lowest BCUT2D eigenvalue weighted by molar-refractivity contribution is 0.272. The molecule has 0 aliphatic rings. The number of benzene rings is 1. The maximum atomic E-state index is 12.3. The normalized spacial score (nSPS) is 13.3. The molecule has 19 heavy (non-hydrogen) atoms. The van der Waals surface area contributed by atoms with E-state index in [4.69, 9.17) is 16.3 Å². The van der Waals surface area contributed by atoms with Crippen molar-refractivity contribution in [3.8, 4) is 5.75 Å². The molecule has 2 N–H and O–H groups in total. The van der Waals surface area contributed by atoms with E-state index < -0.39 is 10.0 Å². The van der Waals surface area contributed by atoms with Gasteiger partial charge in [0.2, 0.25) is 10.0 Å². The van der Waals surface area contributed by atoms with Crippen LogP contribution in [0, 0.1) is 0 Å². The first-order valence-electron chi connectivity index (χ1n) is 5.85. The molecule has 0 heterocycles. The number of sulfonamides is 1. The minimum atomic E-state index is -3.74. The average molecular weight is 308 g/mol. The molecule has 0 aliphatic carbocycles. The van der Waals surface area contributed by atoms with Crippen molar-refractivity contribution >= 4 is 21.6 Å². The van der Waals surface area contributed by atoms with E-state index in [1.165, 1.54) is 19.2 Å². The minimum Gasteiger partial charge on any atom is -0.495 e. The fourth-order valence-electron chi connectivity index (χ4n) is 1.58. The summed E-state index contributed by atoms with van der Waals surface area (Å²) in [6, 6.07) is 2.58. The maximum absolute atomic E-state index is 12.3. The summed E-state index contributed by atoms with van der Waals surface area (Å²) in [7, 11) is -2.39. The Hall–Kier alpha value is -0.820. The molecule has 0 aromatic heterocycles. The van der Waals surface area contributed by atoms with E-state index in [-0.39, 0.29) is 28.3 Å². The molecular weight excluding hydrogens is 290 g/mol. The summed E-state index contributed by atoms with van der Waals surface area (Å²) in [5.74, 6) is 0.114. The van der Waals surface area contributed by atoms with Crippen LogP contribution in [-0.2, 0) is 16.6 Å². The van der Waals surface area contributed by atoms with Crippen molar-refractivity contribution in [2.45, 2.75) is 37.8 Å². The van der Waals surface area contributed by atoms with Crippen molar-refractivity contribution in [1.82, 2.24) is 4.72 Å². The summed E-state index contributed by atoms with van der Waals surface area (Å²) < 4.78 is 32.2. The van der Waals surface area contributed by atoms with E-state index in [2.05, 4.69) is 4.72 Å². The topological polar surface area (TPSA) is 75.6 Å². The second-order valence-electron chi connectivity index (χ2n) is 4.18. The molecule has 1 aromatic carbocycles. The molecule has 7 heteroatoms. The predicted octanol–water partition coefficient (Wildman–Crippen LogP) is 1.92. The number of aliphatic hydroxyl groups excluding tert-OH is 1. The summed E-state index contributed by atoms with van der Waals surface area (Å²) in [5.41, 5.74) is 0.333. The lowest BCUT2D eigenvalue weighted by Crippen LogP contribution is -2.32. The highest BCUT2D eigenvalue weighted by Crippen LogP contribution is 2.31. The van der Waals surface area contributed by atoms with E-state index in [9.17, 15) is 13.5 Å². The molecule has 0 spiro atoms. The zero-order valence-corrected chi connectivity index (χ0v) is 12.7. The molecule has 1 atom stereocenters. The predicted molar refractivity (Wildman–Crippen MR) is 74.0 cm³/mol. The monoisotopic (exact) mass is 307 g/mol. The second kappa shape index (κ2) is 6.56. The van der Waals surface area contributed by atoms with Crippen LogP contribution in [0.1, 0.15) is 25.8 Å². The van der Waals surface area contributed by atoms with Gasteiger partial charge >= 0.3 is 0 Å². The highest BCUT2D eigenvalue weighted by molar-refractivity contribution is 7.89. The van der Waals surface area contributed by atoms with Gasteiger partial charge in [-0.25, -0.2) is 13.1 Å². The molecule has 0 saturated heterocycles. The van der Waals surface area contributed by atoms with Crippen LogP contribution < -0.4 is 9.46 Å². The number of halogens is 1. The van der Waals surface area contributed by atoms with Crippen molar-refractivity contribution in [3.63, 3.8) is 0 Å². The van der Waals surface area contributed by atoms with Crippen molar-refractivity contribution in [2.75, 3.05) is 7.11 Å². The molecule has 0 amide bonds. The van der Waals surface area contributed by atoms with Gasteiger partial charge in [-0.05, 0) is 25.5 Å². The SMILES string of the molecule is CCC(C)NS(=O)(=O)c1cc(Cl)cc(CO)c1OC. The Labute approximate surface area is 118 Å². The smallest absolute Gasteiger partial charge is 0.244 e. The molecule has 1 unspecified atom stereocenters. The van der Waals surface area contributed by atoms with Gasteiger partial charge in [-0.2, -0.15) is 0 Å². The van der Waals surface area contributed by atoms with E-state index in [0.29, 0.717) is 12.0 Å². The molecule has 0 saturated carbocycles. The molecule has 1 aromatic rings. The van der Waals surface area contributed by atoms with Crippen LogP contribution in [-0.4, -0.2) is 26.7 Å². The van der Waals surface area contributed by atoms with E-state index in [0.717, 1.165) is 0 Å². The average Bonchev–Trinajstić information content (AvgIpc) is 2.36. The first-order valence-corrected chi connectivity index (χ1v) is 7.71. The highest BCUT2D eigenvalue weighted by atomic mass is 35.5. The van der Waals surface area contributed by atoms with Gasteiger partial charge in [-0.15, -0.1) is 0 Å². The summed E-state index contributed by atoms with van der Waals surface area (Å²) in [6.45, 7) is 3.29. The third-order valence-corrected chi connectivity index (χ3v) is 4.54. The van der Waals surface area contributed by atoms with Crippen LogP contribution in [0.2, 0.25) is 5.02 Å². The summed E-state index contributed by atoms with van der Waals surface area (Å²) in [6.07, 6.45) is 0.662. The molecular formula is C12H18ClNO4S. The molecule has 0 fully saturated rings. The van der Waals surface area contributed by atoms with Crippen molar-refractivity contribution in [1.29, 1.82) is 0 Å². The number of nitrogens with one attached hydrogen (secondary N) is 1. The number of hydrogen-bond donors (Lipinski definition) is 2. The first kappa shape index (κ1) is 16.2.